The van der Waals surface area contributed by atoms with Crippen LogP contribution >= 0.6 is 0 Å². The smallest absolute Gasteiger partial charge is 0.342 e. The number of hydrogen-bond acceptors (Lipinski definition) is 4. The maximum Gasteiger partial charge on any atom is 0.342 e. The van der Waals surface area contributed by atoms with E-state index in [0.29, 0.717) is 29.5 Å². The average Bonchev–Trinajstić information content (AvgIpc) is 3.03. The Hall–Kier alpha value is -3.47. The quantitative estimate of drug-likeness (QED) is 0.480. The van der Waals surface area contributed by atoms with Crippen molar-refractivity contribution in [1.82, 2.24) is 14.5 Å². The Balaban J connectivity index is 1.99. The van der Waals surface area contributed by atoms with E-state index in [2.05, 4.69) is 17.1 Å². The highest BCUT2D eigenvalue weighted by Gasteiger charge is 2.22. The topological polar surface area (TPSA) is 57.0 Å². The van der Waals surface area contributed by atoms with E-state index in [1.807, 2.05) is 66.9 Å². The first-order chi connectivity index (χ1) is 13.6. The van der Waals surface area contributed by atoms with E-state index in [4.69, 9.17) is 9.72 Å². The lowest BCUT2D eigenvalue weighted by Gasteiger charge is -2.14. The Morgan fingerprint density at radius 3 is 2.46 bits per heavy atom. The van der Waals surface area contributed by atoms with Crippen LogP contribution in [0.5, 0.6) is 0 Å². The molecule has 2 aromatic heterocycles. The highest BCUT2D eigenvalue weighted by atomic mass is 16.5. The molecule has 0 bridgehead atoms. The second-order valence-corrected chi connectivity index (χ2v) is 6.60. The molecule has 4 aromatic rings. The average molecular weight is 371 g/mol. The fraction of sp³-hybridized carbons (Fsp3) is 0.174. The van der Waals surface area contributed by atoms with Crippen LogP contribution in [-0.2, 0) is 4.74 Å². The molecule has 0 fully saturated rings. The van der Waals surface area contributed by atoms with Crippen molar-refractivity contribution in [2.24, 2.45) is 0 Å². The molecule has 0 N–H and O–H groups in total. The van der Waals surface area contributed by atoms with Crippen LogP contribution in [0.4, 0.5) is 0 Å². The first-order valence-electron chi connectivity index (χ1n) is 9.28. The van der Waals surface area contributed by atoms with Crippen LogP contribution < -0.4 is 0 Å². The molecular formula is C23H21N3O2. The van der Waals surface area contributed by atoms with Gasteiger partial charge in [-0.2, -0.15) is 0 Å². The van der Waals surface area contributed by atoms with Crippen molar-refractivity contribution < 1.29 is 9.53 Å². The van der Waals surface area contributed by atoms with Gasteiger partial charge in [0.15, 0.2) is 0 Å². The number of benzene rings is 2. The van der Waals surface area contributed by atoms with Gasteiger partial charge < -0.3 is 4.74 Å². The molecule has 2 heterocycles. The van der Waals surface area contributed by atoms with Gasteiger partial charge >= 0.3 is 5.97 Å². The van der Waals surface area contributed by atoms with Crippen LogP contribution in [0.3, 0.4) is 0 Å². The number of ether oxygens (including phenoxy) is 1. The molecule has 4 rings (SSSR count). The van der Waals surface area contributed by atoms with Gasteiger partial charge in [-0.15, -0.1) is 0 Å². The molecule has 0 atom stereocenters. The third-order valence-corrected chi connectivity index (χ3v) is 4.70. The van der Waals surface area contributed by atoms with Gasteiger partial charge in [0.2, 0.25) is 5.95 Å². The summed E-state index contributed by atoms with van der Waals surface area (Å²) in [4.78, 5) is 22.1. The number of aryl methyl sites for hydroxylation is 2. The first-order valence-corrected chi connectivity index (χ1v) is 9.28. The molecule has 0 spiro atoms. The maximum atomic E-state index is 12.6. The predicted octanol–water partition coefficient (Wildman–Crippen LogP) is 4.88. The summed E-state index contributed by atoms with van der Waals surface area (Å²) in [6, 6.07) is 19.9. The zero-order chi connectivity index (χ0) is 19.7. The van der Waals surface area contributed by atoms with E-state index < -0.39 is 5.97 Å². The normalized spacial score (nSPS) is 11.0. The minimum Gasteiger partial charge on any atom is -0.462 e. The van der Waals surface area contributed by atoms with E-state index in [-0.39, 0.29) is 0 Å². The molecule has 0 radical (unpaired) electrons. The van der Waals surface area contributed by atoms with Gasteiger partial charge in [0.25, 0.3) is 0 Å². The van der Waals surface area contributed by atoms with Crippen LogP contribution in [0.1, 0.15) is 28.7 Å². The van der Waals surface area contributed by atoms with E-state index >= 15 is 0 Å². The molecular weight excluding hydrogens is 350 g/mol. The van der Waals surface area contributed by atoms with Crippen LogP contribution in [0.15, 0.2) is 60.7 Å². The highest BCUT2D eigenvalue weighted by molar-refractivity contribution is 5.97. The number of carbonyl (C=O) groups is 1. The summed E-state index contributed by atoms with van der Waals surface area (Å²) in [6.07, 6.45) is 0. The fourth-order valence-corrected chi connectivity index (χ4v) is 3.47. The van der Waals surface area contributed by atoms with E-state index in [1.54, 1.807) is 6.92 Å². The van der Waals surface area contributed by atoms with Crippen molar-refractivity contribution in [2.75, 3.05) is 6.61 Å². The first kappa shape index (κ1) is 17.9. The Kier molecular flexibility index (Phi) is 4.65. The van der Waals surface area contributed by atoms with Gasteiger partial charge in [0.1, 0.15) is 5.56 Å². The maximum absolute atomic E-state index is 12.6. The number of esters is 1. The molecule has 0 aliphatic rings. The Labute approximate surface area is 163 Å². The van der Waals surface area contributed by atoms with Gasteiger partial charge in [0.05, 0.1) is 23.5 Å². The molecule has 2 aromatic carbocycles. The van der Waals surface area contributed by atoms with Gasteiger partial charge in [-0.25, -0.2) is 14.8 Å². The number of nitrogens with zero attached hydrogens (tertiary/aromatic N) is 3. The summed E-state index contributed by atoms with van der Waals surface area (Å²) in [7, 11) is 0. The Morgan fingerprint density at radius 1 is 1.00 bits per heavy atom. The third kappa shape index (κ3) is 3.05. The highest BCUT2D eigenvalue weighted by Crippen LogP contribution is 2.28. The molecule has 0 amide bonds. The van der Waals surface area contributed by atoms with Crippen molar-refractivity contribution in [3.63, 3.8) is 0 Å². The summed E-state index contributed by atoms with van der Waals surface area (Å²) >= 11 is 0. The van der Waals surface area contributed by atoms with Gasteiger partial charge in [-0.1, -0.05) is 48.5 Å². The predicted molar refractivity (Wildman–Crippen MR) is 110 cm³/mol. The second-order valence-electron chi connectivity index (χ2n) is 6.60. The summed E-state index contributed by atoms with van der Waals surface area (Å²) < 4.78 is 7.29. The van der Waals surface area contributed by atoms with Crippen molar-refractivity contribution in [3.8, 4) is 17.2 Å². The van der Waals surface area contributed by atoms with Crippen LogP contribution in [0.25, 0.3) is 28.1 Å². The SMILES string of the molecule is CCOC(=O)c1c(C)nc(-n2c(C)cc3ccccc32)nc1-c1ccccc1. The Bertz CT molecular complexity index is 1160. The molecule has 5 heteroatoms. The molecule has 140 valence electrons. The van der Waals surface area contributed by atoms with E-state index in [1.165, 1.54) is 0 Å². The number of aromatic nitrogens is 3. The number of fused-ring (bicyclic) bond motifs is 1. The molecule has 0 saturated heterocycles. The number of hydrogen-bond donors (Lipinski definition) is 0. The third-order valence-electron chi connectivity index (χ3n) is 4.70. The fourth-order valence-electron chi connectivity index (χ4n) is 3.47. The number of rotatable bonds is 4. The number of para-hydroxylation sites is 1. The Morgan fingerprint density at radius 2 is 1.71 bits per heavy atom. The van der Waals surface area contributed by atoms with Crippen molar-refractivity contribution in [1.29, 1.82) is 0 Å². The summed E-state index contributed by atoms with van der Waals surface area (Å²) in [6.45, 7) is 5.95. The summed E-state index contributed by atoms with van der Waals surface area (Å²) in [5.74, 6) is 0.141. The second kappa shape index (κ2) is 7.27. The zero-order valence-electron chi connectivity index (χ0n) is 16.1. The van der Waals surface area contributed by atoms with E-state index in [0.717, 1.165) is 22.2 Å². The minimum absolute atomic E-state index is 0.301. The van der Waals surface area contributed by atoms with Gasteiger partial charge in [-0.05, 0) is 32.9 Å². The van der Waals surface area contributed by atoms with Crippen molar-refractivity contribution in [3.05, 3.63) is 77.6 Å². The van der Waals surface area contributed by atoms with Gasteiger partial charge in [-0.3, -0.25) is 4.57 Å². The molecule has 28 heavy (non-hydrogen) atoms. The molecule has 0 aliphatic heterocycles. The summed E-state index contributed by atoms with van der Waals surface area (Å²) in [5, 5.41) is 1.12. The van der Waals surface area contributed by atoms with Crippen molar-refractivity contribution >= 4 is 16.9 Å². The summed E-state index contributed by atoms with van der Waals surface area (Å²) in [5.41, 5.74) is 4.50. The molecule has 0 saturated carbocycles. The molecule has 0 unspecified atom stereocenters. The lowest BCUT2D eigenvalue weighted by molar-refractivity contribution is 0.0525. The van der Waals surface area contributed by atoms with Gasteiger partial charge in [0, 0.05) is 16.6 Å². The lowest BCUT2D eigenvalue weighted by atomic mass is 10.0. The number of carbonyl (C=O) groups excluding carboxylic acids is 1. The van der Waals surface area contributed by atoms with Crippen LogP contribution in [0.2, 0.25) is 0 Å². The molecule has 5 nitrogen and oxygen atoms in total. The lowest BCUT2D eigenvalue weighted by Crippen LogP contribution is -2.14. The minimum atomic E-state index is -0.403. The molecule has 0 aliphatic carbocycles. The standard InChI is InChI=1S/C23H21N3O2/c1-4-28-22(27)20-16(3)24-23(25-21(20)17-10-6-5-7-11-17)26-15(2)14-18-12-8-9-13-19(18)26/h5-14H,4H2,1-3H3. The van der Waals surface area contributed by atoms with Crippen LogP contribution in [0, 0.1) is 13.8 Å². The van der Waals surface area contributed by atoms with Crippen LogP contribution in [-0.4, -0.2) is 27.1 Å². The zero-order valence-corrected chi connectivity index (χ0v) is 16.1. The largest absolute Gasteiger partial charge is 0.462 e. The van der Waals surface area contributed by atoms with Crippen molar-refractivity contribution in [2.45, 2.75) is 20.8 Å². The van der Waals surface area contributed by atoms with E-state index in [9.17, 15) is 4.79 Å². The monoisotopic (exact) mass is 371 g/mol.